The molecule has 0 aromatic rings. The summed E-state index contributed by atoms with van der Waals surface area (Å²) in [5, 5.41) is 21.6. The summed E-state index contributed by atoms with van der Waals surface area (Å²) in [4.78, 5) is 64.3. The van der Waals surface area contributed by atoms with E-state index in [0.29, 0.717) is 25.7 Å². The fraction of sp³-hybridized carbons (Fsp3) is 0.821. The van der Waals surface area contributed by atoms with Gasteiger partial charge < -0.3 is 25.0 Å². The molecular formula is C39H59NO9. The average Bonchev–Trinajstić information content (AvgIpc) is 3.02. The molecular weight excluding hydrogens is 626 g/mol. The van der Waals surface area contributed by atoms with E-state index < -0.39 is 24.0 Å². The molecule has 5 aliphatic carbocycles. The molecule has 0 radical (unpaired) electrons. The number of carboxylic acid groups (broad SMARTS) is 1. The Morgan fingerprint density at radius 3 is 2.20 bits per heavy atom. The molecule has 274 valence electrons. The minimum absolute atomic E-state index is 0.00572. The molecule has 10 atom stereocenters. The van der Waals surface area contributed by atoms with Crippen LogP contribution in [-0.4, -0.2) is 65.7 Å². The Morgan fingerprint density at radius 1 is 0.918 bits per heavy atom. The van der Waals surface area contributed by atoms with Gasteiger partial charge in [-0.1, -0.05) is 54.0 Å². The predicted molar refractivity (Wildman–Crippen MR) is 182 cm³/mol. The van der Waals surface area contributed by atoms with Crippen LogP contribution in [0.25, 0.3) is 0 Å². The highest BCUT2D eigenvalue weighted by molar-refractivity contribution is 5.96. The number of rotatable bonds is 9. The highest BCUT2D eigenvalue weighted by Crippen LogP contribution is 2.75. The number of aliphatic carboxylic acids is 1. The Bertz CT molecular complexity index is 1420. The summed E-state index contributed by atoms with van der Waals surface area (Å²) in [6, 6.07) is -1.35. The number of carboxylic acids is 1. The Labute approximate surface area is 291 Å². The summed E-state index contributed by atoms with van der Waals surface area (Å²) < 4.78 is 10.8. The number of fused-ring (bicyclic) bond motifs is 7. The summed E-state index contributed by atoms with van der Waals surface area (Å²) in [7, 11) is 1.34. The van der Waals surface area contributed by atoms with E-state index in [-0.39, 0.29) is 87.4 Å². The van der Waals surface area contributed by atoms with Gasteiger partial charge in [0.05, 0.1) is 13.7 Å². The maximum absolute atomic E-state index is 14.7. The van der Waals surface area contributed by atoms with Gasteiger partial charge in [0.2, 0.25) is 5.91 Å². The van der Waals surface area contributed by atoms with Crippen molar-refractivity contribution in [1.29, 1.82) is 0 Å². The second-order valence-electron chi connectivity index (χ2n) is 18.1. The van der Waals surface area contributed by atoms with E-state index in [4.69, 9.17) is 9.47 Å². The summed E-state index contributed by atoms with van der Waals surface area (Å²) in [5.74, 6) is -2.10. The Hall–Kier alpha value is -2.75. The molecule has 1 unspecified atom stereocenters. The van der Waals surface area contributed by atoms with Crippen LogP contribution in [0.5, 0.6) is 0 Å². The van der Waals surface area contributed by atoms with Crippen LogP contribution in [0.2, 0.25) is 0 Å². The maximum Gasteiger partial charge on any atom is 0.328 e. The molecule has 49 heavy (non-hydrogen) atoms. The first-order chi connectivity index (χ1) is 22.7. The third kappa shape index (κ3) is 5.95. The highest BCUT2D eigenvalue weighted by atomic mass is 16.5. The van der Waals surface area contributed by atoms with Gasteiger partial charge in [-0.2, -0.15) is 0 Å². The molecule has 0 spiro atoms. The Morgan fingerprint density at radius 2 is 1.57 bits per heavy atom. The summed E-state index contributed by atoms with van der Waals surface area (Å²) in [6.45, 7) is 14.9. The number of allylic oxidation sites excluding steroid dienone is 2. The molecule has 4 saturated carbocycles. The number of aliphatic hydroxyl groups excluding tert-OH is 1. The van der Waals surface area contributed by atoms with Crippen LogP contribution in [0.4, 0.5) is 0 Å². The first-order valence-electron chi connectivity index (χ1n) is 18.4. The van der Waals surface area contributed by atoms with E-state index in [0.717, 1.165) is 44.1 Å². The van der Waals surface area contributed by atoms with Crippen molar-refractivity contribution < 1.29 is 43.7 Å². The van der Waals surface area contributed by atoms with Crippen LogP contribution in [0.3, 0.4) is 0 Å². The second-order valence-corrected chi connectivity index (χ2v) is 18.1. The number of amides is 1. The molecule has 10 heteroatoms. The van der Waals surface area contributed by atoms with Crippen LogP contribution in [0, 0.1) is 50.2 Å². The average molecular weight is 686 g/mol. The van der Waals surface area contributed by atoms with Crippen LogP contribution < -0.4 is 5.32 Å². The predicted octanol–water partition coefficient (Wildman–Crippen LogP) is 5.78. The van der Waals surface area contributed by atoms with Gasteiger partial charge in [0, 0.05) is 29.6 Å². The highest BCUT2D eigenvalue weighted by Gasteiger charge is 2.70. The topological polar surface area (TPSA) is 156 Å². The molecule has 0 bridgehead atoms. The van der Waals surface area contributed by atoms with Gasteiger partial charge in [-0.3, -0.25) is 19.2 Å². The van der Waals surface area contributed by atoms with Crippen LogP contribution in [0.15, 0.2) is 11.6 Å². The lowest BCUT2D eigenvalue weighted by molar-refractivity contribution is -0.211. The van der Waals surface area contributed by atoms with E-state index in [1.165, 1.54) is 7.11 Å². The zero-order chi connectivity index (χ0) is 36.4. The van der Waals surface area contributed by atoms with E-state index >= 15 is 0 Å². The molecule has 0 aromatic heterocycles. The zero-order valence-corrected chi connectivity index (χ0v) is 30.9. The van der Waals surface area contributed by atoms with E-state index in [1.54, 1.807) is 0 Å². The molecule has 0 saturated heterocycles. The van der Waals surface area contributed by atoms with Crippen molar-refractivity contribution in [2.75, 3.05) is 13.7 Å². The number of carbonyl (C=O) groups is 5. The number of hydrogen-bond acceptors (Lipinski definition) is 8. The van der Waals surface area contributed by atoms with E-state index in [9.17, 15) is 34.2 Å². The molecule has 1 amide bonds. The maximum atomic E-state index is 14.7. The fourth-order valence-corrected chi connectivity index (χ4v) is 11.8. The van der Waals surface area contributed by atoms with Gasteiger partial charge in [-0.25, -0.2) is 4.79 Å². The number of methoxy groups -OCH3 is 1. The lowest BCUT2D eigenvalue weighted by Gasteiger charge is -2.70. The van der Waals surface area contributed by atoms with Gasteiger partial charge >= 0.3 is 17.9 Å². The SMILES string of the molecule is COC(=O)CCCC(=O)O[C@H]1CC[C@]2(C)[C@H]3C(=O)C=C4[C@@H]5C[C@@](C)(C(=O)NC(CO)C(=O)O)CC[C@]5(C)CC[C@@]4(C)[C@]3(C)CC[C@H]2C1(C)C. The number of hydrogen-bond donors (Lipinski definition) is 3. The molecule has 10 nitrogen and oxygen atoms in total. The number of carbonyl (C=O) groups excluding carboxylic acids is 4. The third-order valence-corrected chi connectivity index (χ3v) is 15.1. The van der Waals surface area contributed by atoms with Crippen molar-refractivity contribution in [1.82, 2.24) is 5.32 Å². The summed E-state index contributed by atoms with van der Waals surface area (Å²) in [6.07, 6.45) is 9.58. The van der Waals surface area contributed by atoms with E-state index in [1.807, 2.05) is 13.0 Å². The smallest absolute Gasteiger partial charge is 0.328 e. The zero-order valence-electron chi connectivity index (χ0n) is 30.9. The number of esters is 2. The van der Waals surface area contributed by atoms with Gasteiger partial charge in [-0.15, -0.1) is 0 Å². The lowest BCUT2D eigenvalue weighted by Crippen LogP contribution is -2.67. The van der Waals surface area contributed by atoms with Crippen molar-refractivity contribution in [3.8, 4) is 0 Å². The number of aliphatic hydroxyl groups is 1. The van der Waals surface area contributed by atoms with Crippen molar-refractivity contribution >= 4 is 29.6 Å². The van der Waals surface area contributed by atoms with Gasteiger partial charge in [0.1, 0.15) is 12.1 Å². The quantitative estimate of drug-likeness (QED) is 0.256. The molecule has 5 rings (SSSR count). The first-order valence-corrected chi connectivity index (χ1v) is 18.4. The number of ether oxygens (including phenoxy) is 2. The largest absolute Gasteiger partial charge is 0.480 e. The van der Waals surface area contributed by atoms with Gasteiger partial charge in [0.25, 0.3) is 0 Å². The Kier molecular flexibility index (Phi) is 9.78. The summed E-state index contributed by atoms with van der Waals surface area (Å²) >= 11 is 0. The van der Waals surface area contributed by atoms with Crippen molar-refractivity contribution in [3.05, 3.63) is 11.6 Å². The molecule has 0 heterocycles. The molecule has 3 N–H and O–H groups in total. The van der Waals surface area contributed by atoms with Crippen molar-refractivity contribution in [2.24, 2.45) is 50.2 Å². The van der Waals surface area contributed by atoms with Crippen molar-refractivity contribution in [2.45, 2.75) is 138 Å². The lowest BCUT2D eigenvalue weighted by atomic mass is 9.33. The monoisotopic (exact) mass is 685 g/mol. The van der Waals surface area contributed by atoms with Crippen LogP contribution >= 0.6 is 0 Å². The van der Waals surface area contributed by atoms with Crippen LogP contribution in [-0.2, 0) is 33.4 Å². The summed E-state index contributed by atoms with van der Waals surface area (Å²) in [5.41, 5.74) is -0.907. The first kappa shape index (κ1) is 37.5. The second kappa shape index (κ2) is 12.8. The molecule has 0 aliphatic heterocycles. The Balaban J connectivity index is 1.41. The van der Waals surface area contributed by atoms with Gasteiger partial charge in [0.15, 0.2) is 5.78 Å². The van der Waals surface area contributed by atoms with Crippen molar-refractivity contribution in [3.63, 3.8) is 0 Å². The molecule has 0 aromatic carbocycles. The normalized spacial score (nSPS) is 41.4. The number of nitrogens with one attached hydrogen (secondary N) is 1. The van der Waals surface area contributed by atoms with Crippen LogP contribution in [0.1, 0.15) is 126 Å². The van der Waals surface area contributed by atoms with E-state index in [2.05, 4.69) is 46.9 Å². The molecule has 4 fully saturated rings. The minimum atomic E-state index is -1.35. The van der Waals surface area contributed by atoms with Gasteiger partial charge in [-0.05, 0) is 104 Å². The number of ketones is 1. The third-order valence-electron chi connectivity index (χ3n) is 15.1. The standard InChI is InChI=1S/C39H59NO9/c1-34(2)27-12-15-39(7)31(37(27,5)14-13-28(34)49-30(44)11-9-10-29(43)48-8)26(42)20-23-24-21-36(4,33(47)40-25(22-41)32(45)46)17-16-35(24,3)18-19-38(23,39)6/h20,24-25,27-28,31,41H,9-19,21-22H2,1-8H3,(H,40,47)(H,45,46)/t24-,25?,27-,28-,31+,35+,36-,37-,38+,39+/m0/s1. The minimum Gasteiger partial charge on any atom is -0.480 e. The fourth-order valence-electron chi connectivity index (χ4n) is 11.8. The molecule has 5 aliphatic rings.